The summed E-state index contributed by atoms with van der Waals surface area (Å²) in [6.07, 6.45) is 2.23. The standard InChI is InChI=1S/C11H18N4O/c1-7-10(12)13-6-14-11(7)15-4-3-9(5-15)8(2)16/h6,8-9,16H,3-5H2,1-2H3,(H2,12,13,14). The molecule has 0 amide bonds. The third kappa shape index (κ3) is 1.95. The molecule has 2 unspecified atom stereocenters. The lowest BCUT2D eigenvalue weighted by molar-refractivity contribution is 0.136. The van der Waals surface area contributed by atoms with Crippen LogP contribution in [0.15, 0.2) is 6.33 Å². The summed E-state index contributed by atoms with van der Waals surface area (Å²) >= 11 is 0. The normalized spacial score (nSPS) is 22.4. The number of aliphatic hydroxyl groups is 1. The monoisotopic (exact) mass is 222 g/mol. The number of nitrogen functional groups attached to an aromatic ring is 1. The molecule has 0 saturated carbocycles. The van der Waals surface area contributed by atoms with Crippen molar-refractivity contribution in [3.63, 3.8) is 0 Å². The average molecular weight is 222 g/mol. The summed E-state index contributed by atoms with van der Waals surface area (Å²) in [5, 5.41) is 9.56. The molecule has 88 valence electrons. The van der Waals surface area contributed by atoms with E-state index in [2.05, 4.69) is 14.9 Å². The van der Waals surface area contributed by atoms with Crippen molar-refractivity contribution in [2.75, 3.05) is 23.7 Å². The van der Waals surface area contributed by atoms with Gasteiger partial charge in [-0.05, 0) is 20.3 Å². The van der Waals surface area contributed by atoms with Crippen LogP contribution in [-0.4, -0.2) is 34.3 Å². The highest BCUT2D eigenvalue weighted by Gasteiger charge is 2.27. The van der Waals surface area contributed by atoms with Crippen molar-refractivity contribution >= 4 is 11.6 Å². The van der Waals surface area contributed by atoms with Crippen LogP contribution in [0.1, 0.15) is 18.9 Å². The van der Waals surface area contributed by atoms with Crippen LogP contribution < -0.4 is 10.6 Å². The molecule has 16 heavy (non-hydrogen) atoms. The van der Waals surface area contributed by atoms with Crippen LogP contribution in [0, 0.1) is 12.8 Å². The van der Waals surface area contributed by atoms with Gasteiger partial charge in [-0.25, -0.2) is 9.97 Å². The molecule has 1 aliphatic rings. The topological polar surface area (TPSA) is 75.3 Å². The molecule has 1 fully saturated rings. The zero-order valence-corrected chi connectivity index (χ0v) is 9.72. The quantitative estimate of drug-likeness (QED) is 0.765. The molecular formula is C11H18N4O. The number of anilines is 2. The van der Waals surface area contributed by atoms with Crippen LogP contribution in [0.5, 0.6) is 0 Å². The van der Waals surface area contributed by atoms with E-state index in [1.807, 2.05) is 13.8 Å². The van der Waals surface area contributed by atoms with Gasteiger partial charge in [0, 0.05) is 24.6 Å². The summed E-state index contributed by atoms with van der Waals surface area (Å²) in [6.45, 7) is 5.54. The molecule has 0 spiro atoms. The molecule has 0 aromatic carbocycles. The first-order valence-corrected chi connectivity index (χ1v) is 5.59. The Labute approximate surface area is 95.3 Å². The molecule has 2 rings (SSSR count). The molecule has 5 heteroatoms. The SMILES string of the molecule is Cc1c(N)ncnc1N1CCC(C(C)O)C1. The summed E-state index contributed by atoms with van der Waals surface area (Å²) in [4.78, 5) is 10.4. The highest BCUT2D eigenvalue weighted by molar-refractivity contribution is 5.56. The summed E-state index contributed by atoms with van der Waals surface area (Å²) in [5.74, 6) is 1.76. The summed E-state index contributed by atoms with van der Waals surface area (Å²) in [6, 6.07) is 0. The maximum Gasteiger partial charge on any atom is 0.137 e. The molecule has 2 heterocycles. The van der Waals surface area contributed by atoms with Crippen LogP contribution in [0.4, 0.5) is 11.6 Å². The van der Waals surface area contributed by atoms with Gasteiger partial charge in [0.15, 0.2) is 0 Å². The summed E-state index contributed by atoms with van der Waals surface area (Å²) in [5.41, 5.74) is 6.68. The van der Waals surface area contributed by atoms with E-state index in [1.54, 1.807) is 0 Å². The van der Waals surface area contributed by atoms with Crippen molar-refractivity contribution in [3.05, 3.63) is 11.9 Å². The molecule has 1 saturated heterocycles. The van der Waals surface area contributed by atoms with Gasteiger partial charge in [-0.1, -0.05) is 0 Å². The van der Waals surface area contributed by atoms with Crippen molar-refractivity contribution in [1.29, 1.82) is 0 Å². The van der Waals surface area contributed by atoms with Gasteiger partial charge in [-0.2, -0.15) is 0 Å². The van der Waals surface area contributed by atoms with Crippen LogP contribution in [0.2, 0.25) is 0 Å². The Kier molecular flexibility index (Phi) is 2.96. The minimum Gasteiger partial charge on any atom is -0.393 e. The molecule has 1 aromatic heterocycles. The number of rotatable bonds is 2. The lowest BCUT2D eigenvalue weighted by Gasteiger charge is -2.20. The second-order valence-electron chi connectivity index (χ2n) is 4.44. The summed E-state index contributed by atoms with van der Waals surface area (Å²) in [7, 11) is 0. The minimum atomic E-state index is -0.260. The number of hydrogen-bond acceptors (Lipinski definition) is 5. The Morgan fingerprint density at radius 1 is 1.56 bits per heavy atom. The zero-order chi connectivity index (χ0) is 11.7. The van der Waals surface area contributed by atoms with Crippen LogP contribution in [-0.2, 0) is 0 Å². The average Bonchev–Trinajstić information content (AvgIpc) is 2.71. The smallest absolute Gasteiger partial charge is 0.137 e. The van der Waals surface area contributed by atoms with Gasteiger partial charge >= 0.3 is 0 Å². The van der Waals surface area contributed by atoms with E-state index >= 15 is 0 Å². The number of hydrogen-bond donors (Lipinski definition) is 2. The van der Waals surface area contributed by atoms with Gasteiger partial charge in [0.1, 0.15) is 18.0 Å². The van der Waals surface area contributed by atoms with Crippen molar-refractivity contribution in [1.82, 2.24) is 9.97 Å². The van der Waals surface area contributed by atoms with Gasteiger partial charge in [-0.15, -0.1) is 0 Å². The first-order valence-electron chi connectivity index (χ1n) is 5.59. The molecular weight excluding hydrogens is 204 g/mol. The molecule has 3 N–H and O–H groups in total. The second kappa shape index (κ2) is 4.25. The molecule has 0 aliphatic carbocycles. The number of nitrogens with two attached hydrogens (primary N) is 1. The van der Waals surface area contributed by atoms with E-state index in [1.165, 1.54) is 6.33 Å². The number of nitrogens with zero attached hydrogens (tertiary/aromatic N) is 3. The van der Waals surface area contributed by atoms with Crippen LogP contribution in [0.3, 0.4) is 0 Å². The maximum absolute atomic E-state index is 9.56. The lowest BCUT2D eigenvalue weighted by atomic mass is 10.0. The molecule has 1 aliphatic heterocycles. The number of aromatic nitrogens is 2. The van der Waals surface area contributed by atoms with Gasteiger partial charge < -0.3 is 15.7 Å². The molecule has 5 nitrogen and oxygen atoms in total. The maximum atomic E-state index is 9.56. The van der Waals surface area contributed by atoms with Crippen molar-refractivity contribution in [2.45, 2.75) is 26.4 Å². The third-order valence-electron chi connectivity index (χ3n) is 3.30. The predicted octanol–water partition coefficient (Wildman–Crippen LogP) is 0.574. The molecule has 0 bridgehead atoms. The minimum absolute atomic E-state index is 0.260. The highest BCUT2D eigenvalue weighted by atomic mass is 16.3. The molecule has 2 atom stereocenters. The zero-order valence-electron chi connectivity index (χ0n) is 9.72. The Hall–Kier alpha value is -1.36. The Bertz CT molecular complexity index is 380. The largest absolute Gasteiger partial charge is 0.393 e. The van der Waals surface area contributed by atoms with E-state index < -0.39 is 0 Å². The summed E-state index contributed by atoms with van der Waals surface area (Å²) < 4.78 is 0. The van der Waals surface area contributed by atoms with Crippen LogP contribution >= 0.6 is 0 Å². The van der Waals surface area contributed by atoms with E-state index in [9.17, 15) is 5.11 Å². The fraction of sp³-hybridized carbons (Fsp3) is 0.636. The van der Waals surface area contributed by atoms with E-state index in [4.69, 9.17) is 5.73 Å². The van der Waals surface area contributed by atoms with Gasteiger partial charge in [0.25, 0.3) is 0 Å². The molecule has 1 aromatic rings. The first kappa shape index (κ1) is 11.1. The fourth-order valence-electron chi connectivity index (χ4n) is 2.15. The van der Waals surface area contributed by atoms with E-state index in [0.717, 1.165) is 30.9 Å². The van der Waals surface area contributed by atoms with Gasteiger partial charge in [0.2, 0.25) is 0 Å². The number of aliphatic hydroxyl groups excluding tert-OH is 1. The Balaban J connectivity index is 2.17. The van der Waals surface area contributed by atoms with Gasteiger partial charge in [0.05, 0.1) is 6.10 Å². The van der Waals surface area contributed by atoms with E-state index in [0.29, 0.717) is 11.7 Å². The predicted molar refractivity (Wildman–Crippen MR) is 63.2 cm³/mol. The van der Waals surface area contributed by atoms with Crippen molar-refractivity contribution < 1.29 is 5.11 Å². The van der Waals surface area contributed by atoms with Crippen molar-refractivity contribution in [2.24, 2.45) is 5.92 Å². The second-order valence-corrected chi connectivity index (χ2v) is 4.44. The fourth-order valence-corrected chi connectivity index (χ4v) is 2.15. The highest BCUT2D eigenvalue weighted by Crippen LogP contribution is 2.27. The van der Waals surface area contributed by atoms with Crippen molar-refractivity contribution in [3.8, 4) is 0 Å². The third-order valence-corrected chi connectivity index (χ3v) is 3.30. The van der Waals surface area contributed by atoms with Crippen LogP contribution in [0.25, 0.3) is 0 Å². The Morgan fingerprint density at radius 3 is 2.94 bits per heavy atom. The Morgan fingerprint density at radius 2 is 2.31 bits per heavy atom. The van der Waals surface area contributed by atoms with Gasteiger partial charge in [-0.3, -0.25) is 0 Å². The molecule has 0 radical (unpaired) electrons. The van der Waals surface area contributed by atoms with E-state index in [-0.39, 0.29) is 6.10 Å². The first-order chi connectivity index (χ1) is 7.59. The lowest BCUT2D eigenvalue weighted by Crippen LogP contribution is -2.25.